The van der Waals surface area contributed by atoms with Crippen molar-refractivity contribution < 1.29 is 4.79 Å². The summed E-state index contributed by atoms with van der Waals surface area (Å²) < 4.78 is 1.95. The summed E-state index contributed by atoms with van der Waals surface area (Å²) in [7, 11) is 0. The summed E-state index contributed by atoms with van der Waals surface area (Å²) in [5.74, 6) is 1.56. The highest BCUT2D eigenvalue weighted by atomic mass is 16.2. The lowest BCUT2D eigenvalue weighted by Gasteiger charge is -2.17. The topological polar surface area (TPSA) is 75.1 Å². The van der Waals surface area contributed by atoms with Gasteiger partial charge in [0.25, 0.3) is 0 Å². The van der Waals surface area contributed by atoms with Gasteiger partial charge in [-0.25, -0.2) is 14.5 Å². The minimum absolute atomic E-state index is 0.000996. The van der Waals surface area contributed by atoms with Crippen LogP contribution < -0.4 is 10.6 Å². The number of hydrogen-bond acceptors (Lipinski definition) is 4. The Hall–Kier alpha value is -1.63. The quantitative estimate of drug-likeness (QED) is 0.830. The third-order valence-electron chi connectivity index (χ3n) is 4.97. The molecule has 2 amide bonds. The minimum Gasteiger partial charge on any atom is -0.338 e. The van der Waals surface area contributed by atoms with Gasteiger partial charge in [-0.2, -0.15) is 5.10 Å². The molecule has 1 aromatic rings. The second kappa shape index (κ2) is 7.77. The number of carbonyl (C=O) groups excluding carboxylic acids is 1. The van der Waals surface area contributed by atoms with Crippen molar-refractivity contribution in [2.24, 2.45) is 5.92 Å². The molecule has 0 bridgehead atoms. The Morgan fingerprint density at radius 1 is 1.35 bits per heavy atom. The number of nitrogens with zero attached hydrogens (tertiary/aromatic N) is 4. The van der Waals surface area contributed by atoms with E-state index in [2.05, 4.69) is 32.5 Å². The third kappa shape index (κ3) is 4.43. The molecule has 1 saturated heterocycles. The Bertz CT molecular complexity index is 510. The number of aromatic nitrogens is 3. The highest BCUT2D eigenvalue weighted by Gasteiger charge is 2.24. The molecule has 0 spiro atoms. The average Bonchev–Trinajstić information content (AvgIpc) is 3.27. The van der Waals surface area contributed by atoms with E-state index in [-0.39, 0.29) is 6.03 Å². The zero-order valence-corrected chi connectivity index (χ0v) is 14.0. The largest absolute Gasteiger partial charge is 0.338 e. The van der Waals surface area contributed by atoms with Crippen molar-refractivity contribution >= 4 is 6.03 Å². The lowest BCUT2D eigenvalue weighted by Crippen LogP contribution is -2.42. The zero-order chi connectivity index (χ0) is 16.1. The summed E-state index contributed by atoms with van der Waals surface area (Å²) in [5.41, 5.74) is 0. The van der Waals surface area contributed by atoms with Gasteiger partial charge in [-0.05, 0) is 38.6 Å². The molecule has 2 heterocycles. The van der Waals surface area contributed by atoms with Gasteiger partial charge in [-0.3, -0.25) is 4.90 Å². The summed E-state index contributed by atoms with van der Waals surface area (Å²) in [6, 6.07) is 0.386. The van der Waals surface area contributed by atoms with Gasteiger partial charge in [0.1, 0.15) is 12.2 Å². The number of hydrogen-bond donors (Lipinski definition) is 2. The lowest BCUT2D eigenvalue weighted by atomic mass is 10.1. The monoisotopic (exact) mass is 320 g/mol. The van der Waals surface area contributed by atoms with Crippen LogP contribution in [0.2, 0.25) is 0 Å². The van der Waals surface area contributed by atoms with Gasteiger partial charge in [-0.1, -0.05) is 12.8 Å². The van der Waals surface area contributed by atoms with Gasteiger partial charge < -0.3 is 10.6 Å². The molecule has 7 heteroatoms. The third-order valence-corrected chi connectivity index (χ3v) is 4.97. The molecule has 7 nitrogen and oxygen atoms in total. The van der Waals surface area contributed by atoms with E-state index in [1.807, 2.05) is 4.68 Å². The fourth-order valence-corrected chi connectivity index (χ4v) is 3.64. The first kappa shape index (κ1) is 16.2. The molecule has 1 aliphatic carbocycles. The fraction of sp³-hybridized carbons (Fsp3) is 0.812. The molecular weight excluding hydrogens is 292 g/mol. The molecule has 2 fully saturated rings. The van der Waals surface area contributed by atoms with Crippen molar-refractivity contribution in [3.8, 4) is 0 Å². The Morgan fingerprint density at radius 2 is 2.17 bits per heavy atom. The SMILES string of the molecule is CCn1ncnc1CN1CC[C@H](CNC(=O)NC2CCCC2)C1. The Labute approximate surface area is 137 Å². The maximum absolute atomic E-state index is 11.9. The van der Waals surface area contributed by atoms with Crippen molar-refractivity contribution in [3.63, 3.8) is 0 Å². The number of carbonyl (C=O) groups is 1. The van der Waals surface area contributed by atoms with E-state index in [0.29, 0.717) is 12.0 Å². The number of urea groups is 1. The van der Waals surface area contributed by atoms with Gasteiger partial charge in [0.15, 0.2) is 0 Å². The van der Waals surface area contributed by atoms with E-state index in [0.717, 1.165) is 57.8 Å². The molecule has 3 rings (SSSR count). The maximum atomic E-state index is 11.9. The molecule has 2 N–H and O–H groups in total. The molecule has 1 aliphatic heterocycles. The molecule has 0 unspecified atom stereocenters. The van der Waals surface area contributed by atoms with Gasteiger partial charge in [0.05, 0.1) is 6.54 Å². The summed E-state index contributed by atoms with van der Waals surface area (Å²) in [4.78, 5) is 18.7. The Balaban J connectivity index is 1.37. The van der Waals surface area contributed by atoms with Crippen LogP contribution in [0.15, 0.2) is 6.33 Å². The van der Waals surface area contributed by atoms with Crippen molar-refractivity contribution in [2.45, 2.75) is 58.2 Å². The van der Waals surface area contributed by atoms with Gasteiger partial charge in [0, 0.05) is 25.7 Å². The van der Waals surface area contributed by atoms with Crippen LogP contribution in [0.25, 0.3) is 0 Å². The predicted octanol–water partition coefficient (Wildman–Crippen LogP) is 1.36. The standard InChI is InChI=1S/C16H28N6O/c1-2-22-15(18-12-19-22)11-21-8-7-13(10-21)9-17-16(23)20-14-5-3-4-6-14/h12-14H,2-11H2,1H3,(H2,17,20,23)/t13-/m1/s1. The summed E-state index contributed by atoms with van der Waals surface area (Å²) >= 11 is 0. The van der Waals surface area contributed by atoms with E-state index < -0.39 is 0 Å². The molecular formula is C16H28N6O. The Kier molecular flexibility index (Phi) is 5.48. The molecule has 2 aliphatic rings. The van der Waals surface area contributed by atoms with Crippen LogP contribution in [0.5, 0.6) is 0 Å². The van der Waals surface area contributed by atoms with Gasteiger partial charge in [0.2, 0.25) is 0 Å². The second-order valence-electron chi connectivity index (χ2n) is 6.72. The first-order valence-electron chi connectivity index (χ1n) is 8.88. The minimum atomic E-state index is 0.000996. The molecule has 0 aromatic carbocycles. The highest BCUT2D eigenvalue weighted by Crippen LogP contribution is 2.18. The molecule has 128 valence electrons. The van der Waals surface area contributed by atoms with Crippen LogP contribution in [0.1, 0.15) is 44.9 Å². The fourth-order valence-electron chi connectivity index (χ4n) is 3.64. The Morgan fingerprint density at radius 3 is 2.96 bits per heavy atom. The van der Waals surface area contributed by atoms with E-state index in [1.165, 1.54) is 12.8 Å². The van der Waals surface area contributed by atoms with Crippen molar-refractivity contribution in [3.05, 3.63) is 12.2 Å². The van der Waals surface area contributed by atoms with Crippen LogP contribution in [0.3, 0.4) is 0 Å². The van der Waals surface area contributed by atoms with Crippen LogP contribution in [0.4, 0.5) is 4.79 Å². The second-order valence-corrected chi connectivity index (χ2v) is 6.72. The average molecular weight is 320 g/mol. The zero-order valence-electron chi connectivity index (χ0n) is 14.0. The molecule has 0 radical (unpaired) electrons. The van der Waals surface area contributed by atoms with E-state index >= 15 is 0 Å². The van der Waals surface area contributed by atoms with E-state index in [4.69, 9.17) is 0 Å². The van der Waals surface area contributed by atoms with Gasteiger partial charge in [-0.15, -0.1) is 0 Å². The number of amides is 2. The molecule has 1 aromatic heterocycles. The normalized spacial score (nSPS) is 22.6. The van der Waals surface area contributed by atoms with Gasteiger partial charge >= 0.3 is 6.03 Å². The molecule has 1 atom stereocenters. The predicted molar refractivity (Wildman–Crippen MR) is 87.9 cm³/mol. The summed E-state index contributed by atoms with van der Waals surface area (Å²) in [6.07, 6.45) is 7.49. The van der Waals surface area contributed by atoms with E-state index in [1.54, 1.807) is 6.33 Å². The first-order valence-corrected chi connectivity index (χ1v) is 8.88. The number of likely N-dealkylation sites (tertiary alicyclic amines) is 1. The number of rotatable bonds is 6. The van der Waals surface area contributed by atoms with Crippen LogP contribution in [-0.4, -0.2) is 51.4 Å². The number of aryl methyl sites for hydroxylation is 1. The van der Waals surface area contributed by atoms with Crippen molar-refractivity contribution in [1.29, 1.82) is 0 Å². The summed E-state index contributed by atoms with van der Waals surface area (Å²) in [5, 5.41) is 10.3. The smallest absolute Gasteiger partial charge is 0.315 e. The van der Waals surface area contributed by atoms with Crippen LogP contribution in [0, 0.1) is 5.92 Å². The summed E-state index contributed by atoms with van der Waals surface area (Å²) in [6.45, 7) is 6.62. The first-order chi connectivity index (χ1) is 11.2. The van der Waals surface area contributed by atoms with E-state index in [9.17, 15) is 4.79 Å². The maximum Gasteiger partial charge on any atom is 0.315 e. The molecule has 1 saturated carbocycles. The highest BCUT2D eigenvalue weighted by molar-refractivity contribution is 5.74. The van der Waals surface area contributed by atoms with Crippen molar-refractivity contribution in [2.75, 3.05) is 19.6 Å². The van der Waals surface area contributed by atoms with Crippen LogP contribution >= 0.6 is 0 Å². The lowest BCUT2D eigenvalue weighted by molar-refractivity contribution is 0.234. The number of nitrogens with one attached hydrogen (secondary N) is 2. The van der Waals surface area contributed by atoms with Crippen LogP contribution in [-0.2, 0) is 13.1 Å². The van der Waals surface area contributed by atoms with Crippen molar-refractivity contribution in [1.82, 2.24) is 30.3 Å². The molecule has 23 heavy (non-hydrogen) atoms.